The molecule has 1 aliphatic carbocycles. The molecule has 6 heteroatoms. The molecule has 0 unspecified atom stereocenters. The molecule has 8 aromatic carbocycles. The molecule has 0 atom stereocenters. The van der Waals surface area contributed by atoms with Gasteiger partial charge >= 0.3 is 0 Å². The summed E-state index contributed by atoms with van der Waals surface area (Å²) in [6.45, 7) is 28.5. The van der Waals surface area contributed by atoms with Crippen molar-refractivity contribution >= 4 is 44.6 Å². The molecule has 10 aromatic rings. The first kappa shape index (κ1) is 47.6. The van der Waals surface area contributed by atoms with Gasteiger partial charge in [-0.05, 0) is 145 Å². The maximum absolute atomic E-state index is 9.73. The molecule has 12 rings (SSSR count). The standard InChI is InChI=1S/C74H73N4O.Pt/c1-48(2)39-49-40-61(51-29-27-50(28-30-51)52-19-17-20-54(42-52)71(3,4)5)70(62(41-49)53-31-34-63-64(43-53)74(11,12)37-36-73(63,9)10)77-47-76(66-25-15-16-26-67(66)77)56-21-18-22-57(45-56)79-58-32-33-60-59-23-13-14-24-65(59)78(68(60)46-58)69-44-55(35-38-75-69)72(6,7)8;/h13-35,38,40-44,47-48H,36-37,39H2,1-12H3;/q-3;/i13D,14D,23D,24D,39D2;. The summed E-state index contributed by atoms with van der Waals surface area (Å²) in [6.07, 6.45) is 2.21. The monoisotopic (exact) mass is 1230 g/mol. The van der Waals surface area contributed by atoms with Crippen LogP contribution in [0.3, 0.4) is 0 Å². The molecule has 2 aromatic heterocycles. The molecule has 1 aliphatic heterocycles. The molecule has 408 valence electrons. The Morgan fingerprint density at radius 3 is 1.99 bits per heavy atom. The van der Waals surface area contributed by atoms with Crippen LogP contribution in [0, 0.1) is 24.7 Å². The Hall–Kier alpha value is -7.20. The van der Waals surface area contributed by atoms with Crippen LogP contribution in [-0.2, 0) is 49.1 Å². The van der Waals surface area contributed by atoms with E-state index in [1.807, 2.05) is 56.3 Å². The summed E-state index contributed by atoms with van der Waals surface area (Å²) < 4.78 is 63.5. The SMILES string of the molecule is [2H]c1c([2H])c([2H])c2c(c1[2H])c1ccc(Oc3[c-]c(N4[CH-]N(c5c(-c6ccc(-c7cccc(C(C)(C)C)c7)cc6)cc(C([2H])([2H])C(C)C)cc5-c5ccc6c(c5)C(C)(C)CCC6(C)C)c5ccccc54)ccc3)[c-]c1n2-c1cc(C(C)(C)C)ccn1.[Pt]. The second kappa shape index (κ2) is 20.7. The zero-order valence-electron chi connectivity index (χ0n) is 54.0. The van der Waals surface area contributed by atoms with Crippen molar-refractivity contribution in [2.24, 2.45) is 5.92 Å². The second-order valence-electron chi connectivity index (χ2n) is 25.3. The zero-order valence-corrected chi connectivity index (χ0v) is 50.3. The van der Waals surface area contributed by atoms with E-state index in [4.69, 9.17) is 15.2 Å². The van der Waals surface area contributed by atoms with Crippen molar-refractivity contribution in [3.8, 4) is 50.7 Å². The Morgan fingerprint density at radius 1 is 0.625 bits per heavy atom. The van der Waals surface area contributed by atoms with Crippen LogP contribution in [0.5, 0.6) is 11.5 Å². The molecule has 0 fully saturated rings. The first-order chi connectivity index (χ1) is 40.1. The molecule has 0 saturated carbocycles. The molecule has 0 amide bonds. The number of hydrogen-bond donors (Lipinski definition) is 0. The molecule has 3 heterocycles. The maximum Gasteiger partial charge on any atom is 0.135 e. The smallest absolute Gasteiger partial charge is 0.135 e. The predicted molar refractivity (Wildman–Crippen MR) is 332 cm³/mol. The van der Waals surface area contributed by atoms with Crippen LogP contribution in [-0.4, -0.2) is 9.55 Å². The van der Waals surface area contributed by atoms with E-state index in [0.717, 1.165) is 68.8 Å². The number of benzene rings is 8. The van der Waals surface area contributed by atoms with Crippen LogP contribution in [0.1, 0.15) is 132 Å². The van der Waals surface area contributed by atoms with Gasteiger partial charge in [-0.25, -0.2) is 4.98 Å². The van der Waals surface area contributed by atoms with Gasteiger partial charge in [-0.2, -0.15) is 12.1 Å². The van der Waals surface area contributed by atoms with Crippen LogP contribution >= 0.6 is 0 Å². The number of ether oxygens (including phenoxy) is 1. The van der Waals surface area contributed by atoms with E-state index >= 15 is 0 Å². The summed E-state index contributed by atoms with van der Waals surface area (Å²) in [5.74, 6) is 0.976. The van der Waals surface area contributed by atoms with Gasteiger partial charge in [-0.1, -0.05) is 186 Å². The van der Waals surface area contributed by atoms with Crippen molar-refractivity contribution in [3.05, 3.63) is 223 Å². The first-order valence-corrected chi connectivity index (χ1v) is 27.8. The molecule has 2 aliphatic rings. The Labute approximate surface area is 498 Å². The molecule has 5 nitrogen and oxygen atoms in total. The largest absolute Gasteiger partial charge is 0.509 e. The van der Waals surface area contributed by atoms with Crippen molar-refractivity contribution in [3.63, 3.8) is 0 Å². The van der Waals surface area contributed by atoms with Crippen molar-refractivity contribution < 1.29 is 34.0 Å². The quantitative estimate of drug-likeness (QED) is 0.128. The van der Waals surface area contributed by atoms with Gasteiger partial charge in [0, 0.05) is 75.2 Å². The van der Waals surface area contributed by atoms with E-state index in [1.54, 1.807) is 16.8 Å². The van der Waals surface area contributed by atoms with Gasteiger partial charge in [0.25, 0.3) is 0 Å². The van der Waals surface area contributed by atoms with Gasteiger partial charge in [0.15, 0.2) is 0 Å². The Morgan fingerprint density at radius 2 is 1.26 bits per heavy atom. The molecule has 0 N–H and O–H groups in total. The summed E-state index contributed by atoms with van der Waals surface area (Å²) in [4.78, 5) is 9.16. The summed E-state index contributed by atoms with van der Waals surface area (Å²) in [7, 11) is 0. The Balaban J connectivity index is 0.00000768. The zero-order chi connectivity index (χ0) is 60.4. The number of fused-ring (bicyclic) bond motifs is 5. The Kier molecular flexibility index (Phi) is 12.3. The normalized spacial score (nSPS) is 16.1. The van der Waals surface area contributed by atoms with Gasteiger partial charge < -0.3 is 19.1 Å². The van der Waals surface area contributed by atoms with E-state index in [1.165, 1.54) is 16.7 Å². The van der Waals surface area contributed by atoms with Crippen molar-refractivity contribution in [2.45, 2.75) is 124 Å². The van der Waals surface area contributed by atoms with Crippen LogP contribution in [0.25, 0.3) is 61.0 Å². The van der Waals surface area contributed by atoms with Crippen molar-refractivity contribution in [2.75, 3.05) is 9.80 Å². The van der Waals surface area contributed by atoms with Gasteiger partial charge in [0.1, 0.15) is 5.82 Å². The Bertz CT molecular complexity index is 4300. The first-order valence-electron chi connectivity index (χ1n) is 30.8. The molecule has 0 radical (unpaired) electrons. The van der Waals surface area contributed by atoms with E-state index in [9.17, 15) is 2.74 Å². The average molecular weight is 1240 g/mol. The van der Waals surface area contributed by atoms with Gasteiger partial charge in [0.2, 0.25) is 0 Å². The third-order valence-corrected chi connectivity index (χ3v) is 16.2. The van der Waals surface area contributed by atoms with Crippen molar-refractivity contribution in [1.29, 1.82) is 0 Å². The van der Waals surface area contributed by atoms with E-state index in [0.29, 0.717) is 50.4 Å². The molecular weight excluding hydrogens is 1160 g/mol. The number of para-hydroxylation sites is 3. The number of anilines is 4. The van der Waals surface area contributed by atoms with Gasteiger partial charge in [-0.3, -0.25) is 0 Å². The van der Waals surface area contributed by atoms with Gasteiger partial charge in [0.05, 0.1) is 5.48 Å². The summed E-state index contributed by atoms with van der Waals surface area (Å²) in [5, 5.41) is 0.973. The molecule has 0 spiro atoms. The fourth-order valence-corrected chi connectivity index (χ4v) is 11.7. The fourth-order valence-electron chi connectivity index (χ4n) is 11.7. The summed E-state index contributed by atoms with van der Waals surface area (Å²) >= 11 is 0. The topological polar surface area (TPSA) is 33.5 Å². The average Bonchev–Trinajstić information content (AvgIpc) is 1.48. The van der Waals surface area contributed by atoms with Crippen molar-refractivity contribution in [1.82, 2.24) is 9.55 Å². The van der Waals surface area contributed by atoms with E-state index in [2.05, 4.69) is 195 Å². The van der Waals surface area contributed by atoms with E-state index < -0.39 is 6.37 Å². The molecule has 0 saturated heterocycles. The number of aromatic nitrogens is 2. The minimum absolute atomic E-state index is 0. The third-order valence-electron chi connectivity index (χ3n) is 16.2. The number of hydrogen-bond acceptors (Lipinski definition) is 4. The number of pyridine rings is 1. The second-order valence-corrected chi connectivity index (χ2v) is 25.3. The molecular formula is C74H73N4OPt-3. The minimum Gasteiger partial charge on any atom is -0.509 e. The fraction of sp³-hybridized carbons (Fsp3) is 0.270. The number of rotatable bonds is 10. The summed E-state index contributed by atoms with van der Waals surface area (Å²) in [5.41, 5.74) is 15.6. The van der Waals surface area contributed by atoms with Crippen LogP contribution in [0.4, 0.5) is 22.7 Å². The van der Waals surface area contributed by atoms with E-state index in [-0.39, 0.29) is 72.8 Å². The molecule has 0 bridgehead atoms. The predicted octanol–water partition coefficient (Wildman–Crippen LogP) is 20.1. The third kappa shape index (κ3) is 10.2. The van der Waals surface area contributed by atoms with Crippen LogP contribution in [0.15, 0.2) is 176 Å². The van der Waals surface area contributed by atoms with Crippen LogP contribution < -0.4 is 14.5 Å². The minimum atomic E-state index is -1.67. The van der Waals surface area contributed by atoms with Gasteiger partial charge in [-0.15, -0.1) is 48.1 Å². The molecule has 80 heavy (non-hydrogen) atoms. The summed E-state index contributed by atoms with van der Waals surface area (Å²) in [6, 6.07) is 56.5. The maximum atomic E-state index is 9.73. The number of nitrogens with zero attached hydrogens (tertiary/aromatic N) is 4. The van der Waals surface area contributed by atoms with Crippen LogP contribution in [0.2, 0.25) is 0 Å².